The third-order valence-corrected chi connectivity index (χ3v) is 3.92. The standard InChI is InChI=1S/C13H18N2S/c1-9-3-5-11-12(7-9)16-13(15-11)6-4-10(2)8-14/h3,5,7,10H,4,6,8,14H2,1-2H3. The van der Waals surface area contributed by atoms with Crippen LogP contribution in [0.5, 0.6) is 0 Å². The molecule has 0 radical (unpaired) electrons. The molecule has 2 aromatic rings. The molecule has 1 heterocycles. The second kappa shape index (κ2) is 4.93. The van der Waals surface area contributed by atoms with E-state index in [0.29, 0.717) is 5.92 Å². The number of rotatable bonds is 4. The Kier molecular flexibility index (Phi) is 3.56. The number of nitrogens with two attached hydrogens (primary N) is 1. The smallest absolute Gasteiger partial charge is 0.0938 e. The van der Waals surface area contributed by atoms with E-state index < -0.39 is 0 Å². The number of hydrogen-bond donors (Lipinski definition) is 1. The summed E-state index contributed by atoms with van der Waals surface area (Å²) in [5, 5.41) is 1.24. The molecule has 0 amide bonds. The fourth-order valence-corrected chi connectivity index (χ4v) is 2.76. The van der Waals surface area contributed by atoms with Gasteiger partial charge in [-0.05, 0) is 49.9 Å². The molecule has 0 saturated carbocycles. The summed E-state index contributed by atoms with van der Waals surface area (Å²) in [5.74, 6) is 0.591. The highest BCUT2D eigenvalue weighted by Crippen LogP contribution is 2.24. The van der Waals surface area contributed by atoms with Crippen molar-refractivity contribution in [2.24, 2.45) is 11.7 Å². The molecule has 0 spiro atoms. The summed E-state index contributed by atoms with van der Waals surface area (Å²) in [4.78, 5) is 4.64. The van der Waals surface area contributed by atoms with Gasteiger partial charge in [-0.25, -0.2) is 4.98 Å². The fraction of sp³-hybridized carbons (Fsp3) is 0.462. The summed E-state index contributed by atoms with van der Waals surface area (Å²) in [5.41, 5.74) is 8.05. The molecule has 3 heteroatoms. The van der Waals surface area contributed by atoms with Crippen molar-refractivity contribution in [3.63, 3.8) is 0 Å². The molecule has 1 atom stereocenters. The van der Waals surface area contributed by atoms with E-state index in [-0.39, 0.29) is 0 Å². The SMILES string of the molecule is Cc1ccc2nc(CCC(C)CN)sc2c1. The zero-order valence-corrected chi connectivity index (χ0v) is 10.7. The van der Waals surface area contributed by atoms with Crippen LogP contribution in [-0.2, 0) is 6.42 Å². The quantitative estimate of drug-likeness (QED) is 0.882. The van der Waals surface area contributed by atoms with Crippen molar-refractivity contribution < 1.29 is 0 Å². The molecule has 16 heavy (non-hydrogen) atoms. The number of thiazole rings is 1. The first-order valence-electron chi connectivity index (χ1n) is 5.75. The first-order valence-corrected chi connectivity index (χ1v) is 6.57. The molecular formula is C13H18N2S. The van der Waals surface area contributed by atoms with E-state index in [4.69, 9.17) is 5.73 Å². The van der Waals surface area contributed by atoms with Gasteiger partial charge in [-0.1, -0.05) is 13.0 Å². The van der Waals surface area contributed by atoms with Crippen LogP contribution in [-0.4, -0.2) is 11.5 Å². The lowest BCUT2D eigenvalue weighted by atomic mass is 10.1. The molecule has 86 valence electrons. The van der Waals surface area contributed by atoms with Crippen molar-refractivity contribution >= 4 is 21.6 Å². The zero-order chi connectivity index (χ0) is 11.5. The maximum atomic E-state index is 5.61. The Morgan fingerprint density at radius 1 is 1.44 bits per heavy atom. The lowest BCUT2D eigenvalue weighted by Crippen LogP contribution is -2.11. The van der Waals surface area contributed by atoms with Crippen molar-refractivity contribution in [3.05, 3.63) is 28.8 Å². The molecule has 0 saturated heterocycles. The van der Waals surface area contributed by atoms with Crippen molar-refractivity contribution in [3.8, 4) is 0 Å². The van der Waals surface area contributed by atoms with Crippen molar-refractivity contribution in [1.29, 1.82) is 0 Å². The van der Waals surface area contributed by atoms with Gasteiger partial charge in [0.05, 0.1) is 15.2 Å². The van der Waals surface area contributed by atoms with Gasteiger partial charge in [0.15, 0.2) is 0 Å². The summed E-state index contributed by atoms with van der Waals surface area (Å²) < 4.78 is 1.30. The van der Waals surface area contributed by atoms with E-state index in [2.05, 4.69) is 37.0 Å². The molecule has 0 bridgehead atoms. The largest absolute Gasteiger partial charge is 0.330 e. The highest BCUT2D eigenvalue weighted by Gasteiger charge is 2.06. The first kappa shape index (κ1) is 11.6. The molecule has 1 aromatic carbocycles. The maximum Gasteiger partial charge on any atom is 0.0938 e. The Morgan fingerprint density at radius 2 is 2.25 bits per heavy atom. The van der Waals surface area contributed by atoms with Gasteiger partial charge in [-0.15, -0.1) is 11.3 Å². The van der Waals surface area contributed by atoms with Gasteiger partial charge in [0, 0.05) is 0 Å². The van der Waals surface area contributed by atoms with Crippen molar-refractivity contribution in [2.45, 2.75) is 26.7 Å². The highest BCUT2D eigenvalue weighted by atomic mass is 32.1. The predicted molar refractivity (Wildman–Crippen MR) is 70.9 cm³/mol. The third-order valence-electron chi connectivity index (χ3n) is 2.84. The van der Waals surface area contributed by atoms with Gasteiger partial charge in [0.25, 0.3) is 0 Å². The fourth-order valence-electron chi connectivity index (χ4n) is 1.67. The number of aromatic nitrogens is 1. The molecule has 2 N–H and O–H groups in total. The third kappa shape index (κ3) is 2.60. The lowest BCUT2D eigenvalue weighted by molar-refractivity contribution is 0.544. The minimum Gasteiger partial charge on any atom is -0.330 e. The zero-order valence-electron chi connectivity index (χ0n) is 9.86. The Balaban J connectivity index is 2.13. The number of hydrogen-bond acceptors (Lipinski definition) is 3. The van der Waals surface area contributed by atoms with Gasteiger partial charge in [-0.2, -0.15) is 0 Å². The van der Waals surface area contributed by atoms with Crippen LogP contribution >= 0.6 is 11.3 Å². The topological polar surface area (TPSA) is 38.9 Å². The van der Waals surface area contributed by atoms with E-state index in [1.165, 1.54) is 15.3 Å². The lowest BCUT2D eigenvalue weighted by Gasteiger charge is -2.04. The predicted octanol–water partition coefficient (Wildman–Crippen LogP) is 3.13. The highest BCUT2D eigenvalue weighted by molar-refractivity contribution is 7.18. The van der Waals surface area contributed by atoms with E-state index in [1.54, 1.807) is 0 Å². The van der Waals surface area contributed by atoms with Gasteiger partial charge >= 0.3 is 0 Å². The molecule has 0 fully saturated rings. The molecule has 2 rings (SSSR count). The molecule has 2 nitrogen and oxygen atoms in total. The van der Waals surface area contributed by atoms with Crippen LogP contribution in [0.15, 0.2) is 18.2 Å². The molecule has 1 unspecified atom stereocenters. The number of nitrogens with zero attached hydrogens (tertiary/aromatic N) is 1. The van der Waals surface area contributed by atoms with Crippen molar-refractivity contribution in [2.75, 3.05) is 6.54 Å². The summed E-state index contributed by atoms with van der Waals surface area (Å²) in [6.45, 7) is 5.08. The Morgan fingerprint density at radius 3 is 3.00 bits per heavy atom. The molecule has 0 aliphatic heterocycles. The molecule has 1 aromatic heterocycles. The summed E-state index contributed by atoms with van der Waals surface area (Å²) in [6.07, 6.45) is 2.19. The summed E-state index contributed by atoms with van der Waals surface area (Å²) in [7, 11) is 0. The van der Waals surface area contributed by atoms with Gasteiger partial charge in [-0.3, -0.25) is 0 Å². The summed E-state index contributed by atoms with van der Waals surface area (Å²) >= 11 is 1.81. The Hall–Kier alpha value is -0.930. The van der Waals surface area contributed by atoms with Gasteiger partial charge in [0.1, 0.15) is 0 Å². The molecule has 0 aliphatic rings. The van der Waals surface area contributed by atoms with E-state index in [9.17, 15) is 0 Å². The number of benzene rings is 1. The van der Waals surface area contributed by atoms with Gasteiger partial charge < -0.3 is 5.73 Å². The van der Waals surface area contributed by atoms with E-state index >= 15 is 0 Å². The van der Waals surface area contributed by atoms with E-state index in [1.807, 2.05) is 11.3 Å². The minimum absolute atomic E-state index is 0.591. The Labute approximate surface area is 101 Å². The first-order chi connectivity index (χ1) is 7.69. The van der Waals surface area contributed by atoms with Crippen LogP contribution in [0.1, 0.15) is 23.9 Å². The molecular weight excluding hydrogens is 216 g/mol. The molecule has 0 aliphatic carbocycles. The average molecular weight is 234 g/mol. The van der Waals surface area contributed by atoms with Crippen LogP contribution in [0.25, 0.3) is 10.2 Å². The van der Waals surface area contributed by atoms with Crippen LogP contribution < -0.4 is 5.73 Å². The normalized spacial score (nSPS) is 13.2. The Bertz CT molecular complexity index is 476. The van der Waals surface area contributed by atoms with Crippen LogP contribution in [0.4, 0.5) is 0 Å². The van der Waals surface area contributed by atoms with Crippen LogP contribution in [0.3, 0.4) is 0 Å². The second-order valence-electron chi connectivity index (χ2n) is 4.46. The van der Waals surface area contributed by atoms with E-state index in [0.717, 1.165) is 24.9 Å². The van der Waals surface area contributed by atoms with Crippen molar-refractivity contribution in [1.82, 2.24) is 4.98 Å². The monoisotopic (exact) mass is 234 g/mol. The number of aryl methyl sites for hydroxylation is 2. The summed E-state index contributed by atoms with van der Waals surface area (Å²) in [6, 6.07) is 6.44. The average Bonchev–Trinajstić information content (AvgIpc) is 2.67. The van der Waals surface area contributed by atoms with Crippen LogP contribution in [0, 0.1) is 12.8 Å². The minimum atomic E-state index is 0.591. The maximum absolute atomic E-state index is 5.61. The number of fused-ring (bicyclic) bond motifs is 1. The van der Waals surface area contributed by atoms with Crippen LogP contribution in [0.2, 0.25) is 0 Å². The van der Waals surface area contributed by atoms with Gasteiger partial charge in [0.2, 0.25) is 0 Å². The second-order valence-corrected chi connectivity index (χ2v) is 5.57.